The zero-order valence-electron chi connectivity index (χ0n) is 10.3. The Hall–Kier alpha value is -1.78. The van der Waals surface area contributed by atoms with Gasteiger partial charge in [0.1, 0.15) is 6.04 Å². The molecule has 5 heteroatoms. The van der Waals surface area contributed by atoms with Gasteiger partial charge in [0.2, 0.25) is 5.91 Å². The summed E-state index contributed by atoms with van der Waals surface area (Å²) < 4.78 is 4.93. The average Bonchev–Trinajstić information content (AvgIpc) is 2.82. The van der Waals surface area contributed by atoms with Gasteiger partial charge in [0.05, 0.1) is 6.26 Å². The maximum atomic E-state index is 11.7. The van der Waals surface area contributed by atoms with E-state index in [1.807, 2.05) is 13.8 Å². The van der Waals surface area contributed by atoms with E-state index >= 15 is 0 Å². The molecule has 2 atom stereocenters. The highest BCUT2D eigenvalue weighted by atomic mass is 16.3. The number of carbonyl (C=O) groups excluding carboxylic acids is 2. The van der Waals surface area contributed by atoms with Crippen LogP contribution in [0.5, 0.6) is 0 Å². The standard InChI is InChI=1S/C12H18N2O3/c1-4-8(2)13-11(15)9(3)14-12(16)10-6-5-7-17-10/h5-9H,4H2,1-3H3,(H,13,15)(H,14,16)/t8-,9-/m1/s1. The molecule has 94 valence electrons. The van der Waals surface area contributed by atoms with E-state index in [1.165, 1.54) is 6.26 Å². The van der Waals surface area contributed by atoms with Crippen molar-refractivity contribution in [3.05, 3.63) is 24.2 Å². The number of furan rings is 1. The average molecular weight is 238 g/mol. The Morgan fingerprint density at radius 1 is 1.35 bits per heavy atom. The van der Waals surface area contributed by atoms with Crippen molar-refractivity contribution in [2.75, 3.05) is 0 Å². The SMILES string of the molecule is CC[C@@H](C)NC(=O)[C@@H](C)NC(=O)c1ccco1. The lowest BCUT2D eigenvalue weighted by atomic mass is 10.2. The summed E-state index contributed by atoms with van der Waals surface area (Å²) in [7, 11) is 0. The molecule has 1 heterocycles. The van der Waals surface area contributed by atoms with Crippen LogP contribution in [-0.2, 0) is 4.79 Å². The highest BCUT2D eigenvalue weighted by Crippen LogP contribution is 2.00. The van der Waals surface area contributed by atoms with Crippen LogP contribution in [0, 0.1) is 0 Å². The lowest BCUT2D eigenvalue weighted by molar-refractivity contribution is -0.123. The third-order valence-corrected chi connectivity index (χ3v) is 2.49. The number of amides is 2. The van der Waals surface area contributed by atoms with Crippen LogP contribution in [0.3, 0.4) is 0 Å². The van der Waals surface area contributed by atoms with E-state index < -0.39 is 6.04 Å². The molecule has 0 saturated heterocycles. The molecule has 2 amide bonds. The van der Waals surface area contributed by atoms with Crippen molar-refractivity contribution in [1.29, 1.82) is 0 Å². The summed E-state index contributed by atoms with van der Waals surface area (Å²) in [6.07, 6.45) is 2.27. The highest BCUT2D eigenvalue weighted by Gasteiger charge is 2.18. The first-order chi connectivity index (χ1) is 8.04. The molecular formula is C12H18N2O3. The van der Waals surface area contributed by atoms with Gasteiger partial charge >= 0.3 is 0 Å². The van der Waals surface area contributed by atoms with Crippen molar-refractivity contribution < 1.29 is 14.0 Å². The molecule has 0 fully saturated rings. The Morgan fingerprint density at radius 2 is 2.06 bits per heavy atom. The molecule has 0 bridgehead atoms. The summed E-state index contributed by atoms with van der Waals surface area (Å²) in [5, 5.41) is 5.36. The summed E-state index contributed by atoms with van der Waals surface area (Å²) in [4.78, 5) is 23.3. The van der Waals surface area contributed by atoms with Crippen LogP contribution < -0.4 is 10.6 Å². The number of carbonyl (C=O) groups is 2. The maximum Gasteiger partial charge on any atom is 0.287 e. The molecule has 1 aromatic heterocycles. The van der Waals surface area contributed by atoms with E-state index in [4.69, 9.17) is 4.42 Å². The highest BCUT2D eigenvalue weighted by molar-refractivity contribution is 5.95. The van der Waals surface area contributed by atoms with Gasteiger partial charge in [0, 0.05) is 6.04 Å². The van der Waals surface area contributed by atoms with E-state index in [0.29, 0.717) is 0 Å². The van der Waals surface area contributed by atoms with Gasteiger partial charge in [-0.3, -0.25) is 9.59 Å². The fraction of sp³-hybridized carbons (Fsp3) is 0.500. The smallest absolute Gasteiger partial charge is 0.287 e. The second-order valence-corrected chi connectivity index (χ2v) is 3.99. The van der Waals surface area contributed by atoms with Crippen molar-refractivity contribution in [1.82, 2.24) is 10.6 Å². The summed E-state index contributed by atoms with van der Waals surface area (Å²) in [6, 6.07) is 2.69. The van der Waals surface area contributed by atoms with Crippen LogP contribution in [0.15, 0.2) is 22.8 Å². The van der Waals surface area contributed by atoms with Gasteiger partial charge in [0.25, 0.3) is 5.91 Å². The molecule has 0 aliphatic heterocycles. The van der Waals surface area contributed by atoms with Gasteiger partial charge in [-0.05, 0) is 32.4 Å². The molecule has 0 aromatic carbocycles. The lowest BCUT2D eigenvalue weighted by Gasteiger charge is -2.16. The minimum Gasteiger partial charge on any atom is -0.459 e. The zero-order chi connectivity index (χ0) is 12.8. The summed E-state index contributed by atoms with van der Waals surface area (Å²) in [5.41, 5.74) is 0. The van der Waals surface area contributed by atoms with Gasteiger partial charge < -0.3 is 15.1 Å². The first-order valence-corrected chi connectivity index (χ1v) is 5.69. The predicted octanol–water partition coefficient (Wildman–Crippen LogP) is 1.31. The Morgan fingerprint density at radius 3 is 2.59 bits per heavy atom. The molecule has 1 rings (SSSR count). The lowest BCUT2D eigenvalue weighted by Crippen LogP contribution is -2.47. The van der Waals surface area contributed by atoms with Crippen molar-refractivity contribution in [3.8, 4) is 0 Å². The van der Waals surface area contributed by atoms with Crippen LogP contribution in [0.4, 0.5) is 0 Å². The number of hydrogen-bond donors (Lipinski definition) is 2. The van der Waals surface area contributed by atoms with E-state index in [0.717, 1.165) is 6.42 Å². The molecule has 0 saturated carbocycles. The topological polar surface area (TPSA) is 71.3 Å². The Kier molecular flexibility index (Phi) is 4.75. The number of hydrogen-bond acceptors (Lipinski definition) is 3. The normalized spacial score (nSPS) is 13.8. The molecule has 1 aromatic rings. The third kappa shape index (κ3) is 3.94. The Balaban J connectivity index is 2.46. The van der Waals surface area contributed by atoms with Crippen LogP contribution in [0.2, 0.25) is 0 Å². The van der Waals surface area contributed by atoms with Crippen LogP contribution in [0.1, 0.15) is 37.7 Å². The van der Waals surface area contributed by atoms with E-state index in [-0.39, 0.29) is 23.6 Å². The van der Waals surface area contributed by atoms with E-state index in [1.54, 1.807) is 19.1 Å². The zero-order valence-corrected chi connectivity index (χ0v) is 10.3. The van der Waals surface area contributed by atoms with Crippen LogP contribution in [0.25, 0.3) is 0 Å². The molecule has 0 spiro atoms. The Labute approximate surface area is 101 Å². The van der Waals surface area contributed by atoms with Crippen molar-refractivity contribution in [2.45, 2.75) is 39.3 Å². The second kappa shape index (κ2) is 6.08. The van der Waals surface area contributed by atoms with Crippen LogP contribution >= 0.6 is 0 Å². The molecular weight excluding hydrogens is 220 g/mol. The Bertz CT molecular complexity index is 373. The second-order valence-electron chi connectivity index (χ2n) is 3.99. The van der Waals surface area contributed by atoms with Crippen molar-refractivity contribution >= 4 is 11.8 Å². The maximum absolute atomic E-state index is 11.7. The van der Waals surface area contributed by atoms with Crippen molar-refractivity contribution in [2.24, 2.45) is 0 Å². The van der Waals surface area contributed by atoms with Crippen LogP contribution in [-0.4, -0.2) is 23.9 Å². The predicted molar refractivity (Wildman–Crippen MR) is 63.5 cm³/mol. The summed E-state index contributed by atoms with van der Waals surface area (Å²) >= 11 is 0. The molecule has 0 unspecified atom stereocenters. The molecule has 2 N–H and O–H groups in total. The summed E-state index contributed by atoms with van der Waals surface area (Å²) in [6.45, 7) is 5.54. The molecule has 17 heavy (non-hydrogen) atoms. The molecule has 5 nitrogen and oxygen atoms in total. The van der Waals surface area contributed by atoms with Gasteiger partial charge in [-0.1, -0.05) is 6.92 Å². The molecule has 0 aliphatic carbocycles. The monoisotopic (exact) mass is 238 g/mol. The first-order valence-electron chi connectivity index (χ1n) is 5.69. The fourth-order valence-corrected chi connectivity index (χ4v) is 1.21. The van der Waals surface area contributed by atoms with Gasteiger partial charge in [-0.15, -0.1) is 0 Å². The van der Waals surface area contributed by atoms with Gasteiger partial charge in [0.15, 0.2) is 5.76 Å². The van der Waals surface area contributed by atoms with E-state index in [9.17, 15) is 9.59 Å². The minimum absolute atomic E-state index is 0.102. The summed E-state index contributed by atoms with van der Waals surface area (Å²) in [5.74, 6) is -0.380. The van der Waals surface area contributed by atoms with E-state index in [2.05, 4.69) is 10.6 Å². The van der Waals surface area contributed by atoms with Gasteiger partial charge in [-0.25, -0.2) is 0 Å². The van der Waals surface area contributed by atoms with Crippen molar-refractivity contribution in [3.63, 3.8) is 0 Å². The third-order valence-electron chi connectivity index (χ3n) is 2.49. The van der Waals surface area contributed by atoms with Gasteiger partial charge in [-0.2, -0.15) is 0 Å². The number of rotatable bonds is 5. The molecule has 0 aliphatic rings. The fourth-order valence-electron chi connectivity index (χ4n) is 1.21. The first kappa shape index (κ1) is 13.3. The quantitative estimate of drug-likeness (QED) is 0.812. The largest absolute Gasteiger partial charge is 0.459 e. The minimum atomic E-state index is -0.582. The number of nitrogens with one attached hydrogen (secondary N) is 2. The molecule has 0 radical (unpaired) electrons.